The molecule has 0 aliphatic rings. The molecule has 0 radical (unpaired) electrons. The third-order valence-electron chi connectivity index (χ3n) is 1.02. The molecule has 0 rings (SSSR count). The summed E-state index contributed by atoms with van der Waals surface area (Å²) in [5, 5.41) is 0. The largest absolute Gasteiger partial charge is 0.373 e. The van der Waals surface area contributed by atoms with Crippen molar-refractivity contribution in [1.82, 2.24) is 0 Å². The van der Waals surface area contributed by atoms with Crippen molar-refractivity contribution in [1.29, 1.82) is 0 Å². The van der Waals surface area contributed by atoms with Gasteiger partial charge in [-0.15, -0.1) is 0 Å². The van der Waals surface area contributed by atoms with E-state index in [1.165, 1.54) is 0 Å². The molecule has 0 bridgehead atoms. The predicted octanol–water partition coefficient (Wildman–Crippen LogP) is 0.571. The van der Waals surface area contributed by atoms with Crippen LogP contribution in [-0.2, 0) is 14.3 Å². The Labute approximate surface area is 60.4 Å². The summed E-state index contributed by atoms with van der Waals surface area (Å²) < 4.78 is 4.85. The zero-order valence-corrected chi connectivity index (χ0v) is 6.13. The number of aldehydes is 1. The van der Waals surface area contributed by atoms with Crippen LogP contribution in [0.25, 0.3) is 0 Å². The average molecular weight is 144 g/mol. The van der Waals surface area contributed by atoms with Gasteiger partial charge in [0.15, 0.2) is 6.29 Å². The highest BCUT2D eigenvalue weighted by molar-refractivity contribution is 6.25. The van der Waals surface area contributed by atoms with Crippen molar-refractivity contribution in [2.75, 3.05) is 13.2 Å². The quantitative estimate of drug-likeness (QED) is 0.311. The van der Waals surface area contributed by atoms with Gasteiger partial charge in [0, 0.05) is 6.61 Å². The molecular weight excluding hydrogens is 132 g/mol. The molecule has 3 heteroatoms. The van der Waals surface area contributed by atoms with E-state index in [0.29, 0.717) is 6.61 Å². The summed E-state index contributed by atoms with van der Waals surface area (Å²) in [7, 11) is 0. The third kappa shape index (κ3) is 5.44. The Kier molecular flexibility index (Phi) is 5.97. The fraction of sp³-hybridized carbons (Fsp3) is 0.714. The minimum atomic E-state index is -0.490. The van der Waals surface area contributed by atoms with Crippen LogP contribution in [0.4, 0.5) is 0 Å². The number of rotatable bonds is 6. The van der Waals surface area contributed by atoms with Crippen LogP contribution in [0.15, 0.2) is 0 Å². The smallest absolute Gasteiger partial charge is 0.220 e. The summed E-state index contributed by atoms with van der Waals surface area (Å²) in [5.74, 6) is -0.490. The molecule has 10 heavy (non-hydrogen) atoms. The first-order valence-corrected chi connectivity index (χ1v) is 3.37. The van der Waals surface area contributed by atoms with E-state index < -0.39 is 5.78 Å². The molecule has 0 aliphatic heterocycles. The normalized spacial score (nSPS) is 9.30. The lowest BCUT2D eigenvalue weighted by Crippen LogP contribution is -2.09. The average Bonchev–Trinajstić information content (AvgIpc) is 1.98. The zero-order chi connectivity index (χ0) is 7.82. The van der Waals surface area contributed by atoms with E-state index in [4.69, 9.17) is 4.74 Å². The van der Waals surface area contributed by atoms with Crippen LogP contribution in [0.1, 0.15) is 19.8 Å². The first kappa shape index (κ1) is 9.30. The Morgan fingerprint density at radius 2 is 2.30 bits per heavy atom. The van der Waals surface area contributed by atoms with Crippen molar-refractivity contribution in [3.05, 3.63) is 0 Å². The molecule has 0 aromatic carbocycles. The number of carbonyl (C=O) groups excluding carboxylic acids is 2. The summed E-state index contributed by atoms with van der Waals surface area (Å²) in [6.45, 7) is 2.53. The second kappa shape index (κ2) is 6.42. The molecule has 0 spiro atoms. The van der Waals surface area contributed by atoms with Crippen LogP contribution in [0.3, 0.4) is 0 Å². The molecule has 0 aromatic rings. The van der Waals surface area contributed by atoms with E-state index in [0.717, 1.165) is 12.8 Å². The van der Waals surface area contributed by atoms with Crippen molar-refractivity contribution in [2.45, 2.75) is 19.8 Å². The minimum absolute atomic E-state index is 0.0660. The van der Waals surface area contributed by atoms with Crippen molar-refractivity contribution in [3.8, 4) is 0 Å². The molecule has 58 valence electrons. The van der Waals surface area contributed by atoms with Crippen LogP contribution in [0, 0.1) is 0 Å². The lowest BCUT2D eigenvalue weighted by atomic mass is 10.4. The van der Waals surface area contributed by atoms with Gasteiger partial charge in [0.1, 0.15) is 6.61 Å². The van der Waals surface area contributed by atoms with Gasteiger partial charge in [-0.1, -0.05) is 13.3 Å². The van der Waals surface area contributed by atoms with E-state index in [1.54, 1.807) is 0 Å². The molecule has 0 saturated heterocycles. The van der Waals surface area contributed by atoms with Gasteiger partial charge in [-0.25, -0.2) is 0 Å². The number of unbranched alkanes of at least 4 members (excludes halogenated alkanes) is 1. The second-order valence-corrected chi connectivity index (χ2v) is 1.99. The van der Waals surface area contributed by atoms with Crippen LogP contribution < -0.4 is 0 Å². The Morgan fingerprint density at radius 3 is 2.80 bits per heavy atom. The fourth-order valence-electron chi connectivity index (χ4n) is 0.453. The lowest BCUT2D eigenvalue weighted by Gasteiger charge is -1.96. The van der Waals surface area contributed by atoms with Crippen LogP contribution in [0.5, 0.6) is 0 Å². The Hall–Kier alpha value is -0.700. The van der Waals surface area contributed by atoms with E-state index in [2.05, 4.69) is 0 Å². The highest BCUT2D eigenvalue weighted by Crippen LogP contribution is 1.86. The van der Waals surface area contributed by atoms with Crippen molar-refractivity contribution < 1.29 is 14.3 Å². The highest BCUT2D eigenvalue weighted by atomic mass is 16.5. The van der Waals surface area contributed by atoms with Gasteiger partial charge in [0.05, 0.1) is 0 Å². The number of Topliss-reactive ketones (excluding diaryl/α,β-unsaturated/α-hetero) is 1. The fourth-order valence-corrected chi connectivity index (χ4v) is 0.453. The van der Waals surface area contributed by atoms with Gasteiger partial charge in [-0.05, 0) is 6.42 Å². The molecule has 0 N–H and O–H groups in total. The maximum atomic E-state index is 10.3. The third-order valence-corrected chi connectivity index (χ3v) is 1.02. The van der Waals surface area contributed by atoms with E-state index in [9.17, 15) is 9.59 Å². The maximum Gasteiger partial charge on any atom is 0.220 e. The Bertz CT molecular complexity index is 109. The van der Waals surface area contributed by atoms with Crippen LogP contribution in [-0.4, -0.2) is 25.3 Å². The SMILES string of the molecule is CCCCOCC(=O)C=O. The lowest BCUT2D eigenvalue weighted by molar-refractivity contribution is -0.132. The Balaban J connectivity index is 3.03. The standard InChI is InChI=1S/C7H12O3/c1-2-3-4-10-6-7(9)5-8/h5H,2-4,6H2,1H3. The van der Waals surface area contributed by atoms with Crippen molar-refractivity contribution >= 4 is 12.1 Å². The highest BCUT2D eigenvalue weighted by Gasteiger charge is 1.96. The summed E-state index contributed by atoms with van der Waals surface area (Å²) >= 11 is 0. The molecular formula is C7H12O3. The van der Waals surface area contributed by atoms with Crippen molar-refractivity contribution in [2.24, 2.45) is 0 Å². The van der Waals surface area contributed by atoms with E-state index >= 15 is 0 Å². The van der Waals surface area contributed by atoms with Gasteiger partial charge in [-0.2, -0.15) is 0 Å². The van der Waals surface area contributed by atoms with E-state index in [1.807, 2.05) is 6.92 Å². The molecule has 0 heterocycles. The first-order valence-electron chi connectivity index (χ1n) is 3.37. The summed E-state index contributed by atoms with van der Waals surface area (Å²) in [6, 6.07) is 0. The predicted molar refractivity (Wildman–Crippen MR) is 36.8 cm³/mol. The molecule has 0 atom stereocenters. The van der Waals surface area contributed by atoms with Crippen LogP contribution >= 0.6 is 0 Å². The number of hydrogen-bond acceptors (Lipinski definition) is 3. The van der Waals surface area contributed by atoms with Gasteiger partial charge in [-0.3, -0.25) is 9.59 Å². The monoisotopic (exact) mass is 144 g/mol. The number of ketones is 1. The zero-order valence-electron chi connectivity index (χ0n) is 6.13. The second-order valence-electron chi connectivity index (χ2n) is 1.99. The summed E-state index contributed by atoms with van der Waals surface area (Å²) in [6.07, 6.45) is 2.26. The molecule has 0 fully saturated rings. The number of hydrogen-bond donors (Lipinski definition) is 0. The van der Waals surface area contributed by atoms with Gasteiger partial charge in [0.2, 0.25) is 5.78 Å². The first-order chi connectivity index (χ1) is 4.81. The Morgan fingerprint density at radius 1 is 1.60 bits per heavy atom. The van der Waals surface area contributed by atoms with Gasteiger partial charge in [0.25, 0.3) is 0 Å². The molecule has 0 saturated carbocycles. The van der Waals surface area contributed by atoms with Crippen LogP contribution in [0.2, 0.25) is 0 Å². The van der Waals surface area contributed by atoms with Gasteiger partial charge >= 0.3 is 0 Å². The molecule has 3 nitrogen and oxygen atoms in total. The summed E-state index contributed by atoms with van der Waals surface area (Å²) in [4.78, 5) is 20.0. The van der Waals surface area contributed by atoms with Gasteiger partial charge < -0.3 is 4.74 Å². The molecule has 0 unspecified atom stereocenters. The number of carbonyl (C=O) groups is 2. The molecule has 0 amide bonds. The maximum absolute atomic E-state index is 10.3. The minimum Gasteiger partial charge on any atom is -0.373 e. The molecule has 0 aliphatic carbocycles. The van der Waals surface area contributed by atoms with E-state index in [-0.39, 0.29) is 12.9 Å². The summed E-state index contributed by atoms with van der Waals surface area (Å²) in [5.41, 5.74) is 0. The van der Waals surface area contributed by atoms with Crippen molar-refractivity contribution in [3.63, 3.8) is 0 Å². The number of ether oxygens (including phenoxy) is 1. The molecule has 0 aromatic heterocycles. The topological polar surface area (TPSA) is 43.4 Å².